The summed E-state index contributed by atoms with van der Waals surface area (Å²) in [5.74, 6) is 2.42. The van der Waals surface area contributed by atoms with E-state index in [1.54, 1.807) is 21.3 Å². The maximum atomic E-state index is 6.13. The highest BCUT2D eigenvalue weighted by molar-refractivity contribution is 6.30. The zero-order valence-electron chi connectivity index (χ0n) is 19.9. The molecule has 0 saturated carbocycles. The minimum atomic E-state index is 0.571. The van der Waals surface area contributed by atoms with E-state index >= 15 is 0 Å². The maximum Gasteiger partial charge on any atom is 0.203 e. The van der Waals surface area contributed by atoms with Crippen molar-refractivity contribution < 1.29 is 14.2 Å². The summed E-state index contributed by atoms with van der Waals surface area (Å²) in [7, 11) is 4.88. The van der Waals surface area contributed by atoms with Gasteiger partial charge in [0, 0.05) is 27.4 Å². The van der Waals surface area contributed by atoms with E-state index in [1.165, 1.54) is 11.3 Å². The van der Waals surface area contributed by atoms with Gasteiger partial charge >= 0.3 is 0 Å². The predicted octanol–water partition coefficient (Wildman–Crippen LogP) is 6.26. The first-order valence-corrected chi connectivity index (χ1v) is 11.9. The van der Waals surface area contributed by atoms with Crippen molar-refractivity contribution in [3.8, 4) is 39.6 Å². The zero-order chi connectivity index (χ0) is 23.8. The molecule has 0 radical (unpaired) electrons. The Kier molecular flexibility index (Phi) is 6.09. The fraction of sp³-hybridized carbons (Fsp3) is 0.333. The second-order valence-corrected chi connectivity index (χ2v) is 9.05. The average molecular weight is 478 g/mol. The molecule has 7 heteroatoms. The topological polar surface area (TPSA) is 57.9 Å². The standard InChI is InChI=1S/C27H28ClN3O3/c1-5-16-6-11-22-20(12-16)25(18-13-23(32-2)26(34-4)24(14-18)33-3)30-27-21(15-29-31(22)27)17-7-9-19(28)10-8-17/h7-10,13-16H,5-6,11-12H2,1-4H3/t16-/m0/s1. The molecule has 2 heterocycles. The molecule has 1 atom stereocenters. The molecular formula is C27H28ClN3O3. The molecule has 0 spiro atoms. The lowest BCUT2D eigenvalue weighted by Gasteiger charge is -2.26. The van der Waals surface area contributed by atoms with Crippen LogP contribution in [0, 0.1) is 5.92 Å². The number of fused-ring (bicyclic) bond motifs is 3. The van der Waals surface area contributed by atoms with Crippen molar-refractivity contribution >= 4 is 17.2 Å². The van der Waals surface area contributed by atoms with Crippen molar-refractivity contribution in [2.45, 2.75) is 32.6 Å². The van der Waals surface area contributed by atoms with Crippen LogP contribution in [0.4, 0.5) is 0 Å². The summed E-state index contributed by atoms with van der Waals surface area (Å²) in [4.78, 5) is 5.21. The fourth-order valence-electron chi connectivity index (χ4n) is 4.93. The summed E-state index contributed by atoms with van der Waals surface area (Å²) >= 11 is 6.13. The van der Waals surface area contributed by atoms with Crippen LogP contribution in [0.3, 0.4) is 0 Å². The van der Waals surface area contributed by atoms with Crippen molar-refractivity contribution in [3.63, 3.8) is 0 Å². The highest BCUT2D eigenvalue weighted by Crippen LogP contribution is 2.43. The number of benzene rings is 2. The third-order valence-corrected chi connectivity index (χ3v) is 7.06. The minimum absolute atomic E-state index is 0.571. The van der Waals surface area contributed by atoms with Crippen molar-refractivity contribution in [1.29, 1.82) is 0 Å². The number of hydrogen-bond donors (Lipinski definition) is 0. The average Bonchev–Trinajstić information content (AvgIpc) is 3.31. The highest BCUT2D eigenvalue weighted by atomic mass is 35.5. The molecule has 0 aliphatic heterocycles. The van der Waals surface area contributed by atoms with Crippen LogP contribution < -0.4 is 14.2 Å². The third-order valence-electron chi connectivity index (χ3n) is 6.80. The van der Waals surface area contributed by atoms with Crippen LogP contribution in [0.5, 0.6) is 17.2 Å². The number of aryl methyl sites for hydroxylation is 1. The van der Waals surface area contributed by atoms with Crippen molar-refractivity contribution in [2.24, 2.45) is 5.92 Å². The Hall–Kier alpha value is -3.25. The van der Waals surface area contributed by atoms with Crippen LogP contribution in [0.1, 0.15) is 31.0 Å². The second-order valence-electron chi connectivity index (χ2n) is 8.62. The van der Waals surface area contributed by atoms with Gasteiger partial charge in [0.25, 0.3) is 0 Å². The van der Waals surface area contributed by atoms with Gasteiger partial charge < -0.3 is 14.2 Å². The van der Waals surface area contributed by atoms with E-state index in [9.17, 15) is 0 Å². The van der Waals surface area contributed by atoms with E-state index in [1.807, 2.05) is 47.1 Å². The Morgan fingerprint density at radius 2 is 1.71 bits per heavy atom. The van der Waals surface area contributed by atoms with Gasteiger partial charge in [0.05, 0.1) is 33.2 Å². The van der Waals surface area contributed by atoms with Crippen LogP contribution in [0.2, 0.25) is 5.02 Å². The summed E-state index contributed by atoms with van der Waals surface area (Å²) in [5.41, 5.74) is 7.18. The molecule has 0 fully saturated rings. The van der Waals surface area contributed by atoms with Crippen LogP contribution in [0.25, 0.3) is 28.0 Å². The molecule has 1 aliphatic rings. The van der Waals surface area contributed by atoms with Gasteiger partial charge in [0.1, 0.15) is 0 Å². The van der Waals surface area contributed by atoms with Gasteiger partial charge in [-0.25, -0.2) is 9.50 Å². The first kappa shape index (κ1) is 22.5. The molecule has 34 heavy (non-hydrogen) atoms. The number of halogens is 1. The predicted molar refractivity (Wildman–Crippen MR) is 134 cm³/mol. The van der Waals surface area contributed by atoms with E-state index in [0.29, 0.717) is 28.2 Å². The summed E-state index contributed by atoms with van der Waals surface area (Å²) in [6.07, 6.45) is 6.12. The summed E-state index contributed by atoms with van der Waals surface area (Å²) in [6.45, 7) is 2.26. The lowest BCUT2D eigenvalue weighted by Crippen LogP contribution is -2.19. The first-order valence-electron chi connectivity index (χ1n) is 11.5. The molecule has 176 valence electrons. The molecule has 1 aliphatic carbocycles. The van der Waals surface area contributed by atoms with Crippen LogP contribution in [0.15, 0.2) is 42.6 Å². The van der Waals surface area contributed by atoms with Gasteiger partial charge in [-0.2, -0.15) is 5.10 Å². The summed E-state index contributed by atoms with van der Waals surface area (Å²) < 4.78 is 18.8. The van der Waals surface area contributed by atoms with E-state index < -0.39 is 0 Å². The normalized spacial score (nSPS) is 15.3. The molecule has 0 amide bonds. The molecule has 2 aromatic heterocycles. The van der Waals surface area contributed by atoms with Gasteiger partial charge in [-0.05, 0) is 55.0 Å². The summed E-state index contributed by atoms with van der Waals surface area (Å²) in [6, 6.07) is 11.8. The number of nitrogens with zero attached hydrogens (tertiary/aromatic N) is 3. The molecule has 5 rings (SSSR count). The largest absolute Gasteiger partial charge is 0.493 e. The van der Waals surface area contributed by atoms with E-state index in [-0.39, 0.29) is 0 Å². The number of methoxy groups -OCH3 is 3. The third kappa shape index (κ3) is 3.76. The smallest absolute Gasteiger partial charge is 0.203 e. The fourth-order valence-corrected chi connectivity index (χ4v) is 5.05. The first-order chi connectivity index (χ1) is 16.6. The Morgan fingerprint density at radius 1 is 1.00 bits per heavy atom. The zero-order valence-corrected chi connectivity index (χ0v) is 20.6. The van der Waals surface area contributed by atoms with Crippen molar-refractivity contribution in [1.82, 2.24) is 14.6 Å². The quantitative estimate of drug-likeness (QED) is 0.328. The SMILES string of the molecule is CC[C@H]1CCc2c(c(-c3cc(OC)c(OC)c(OC)c3)nc3c(-c4ccc(Cl)cc4)cnn23)C1. The van der Waals surface area contributed by atoms with Crippen molar-refractivity contribution in [3.05, 3.63) is 58.9 Å². The number of hydrogen-bond acceptors (Lipinski definition) is 5. The Balaban J connectivity index is 1.78. The van der Waals surface area contributed by atoms with E-state index in [4.69, 9.17) is 35.9 Å². The summed E-state index contributed by atoms with van der Waals surface area (Å²) in [5, 5.41) is 5.47. The number of aromatic nitrogens is 3. The number of rotatable bonds is 6. The molecule has 4 aromatic rings. The molecular weight excluding hydrogens is 450 g/mol. The van der Waals surface area contributed by atoms with Gasteiger partial charge in [-0.3, -0.25) is 0 Å². The second kappa shape index (κ2) is 9.18. The van der Waals surface area contributed by atoms with E-state index in [2.05, 4.69) is 6.92 Å². The lowest BCUT2D eigenvalue weighted by atomic mass is 9.83. The van der Waals surface area contributed by atoms with E-state index in [0.717, 1.165) is 53.7 Å². The van der Waals surface area contributed by atoms with Gasteiger partial charge in [0.15, 0.2) is 17.1 Å². The Bertz CT molecular complexity index is 1320. The van der Waals surface area contributed by atoms with Gasteiger partial charge in [0.2, 0.25) is 5.75 Å². The molecule has 0 saturated heterocycles. The van der Waals surface area contributed by atoms with Gasteiger partial charge in [-0.1, -0.05) is 37.1 Å². The van der Waals surface area contributed by atoms with Crippen molar-refractivity contribution in [2.75, 3.05) is 21.3 Å². The molecule has 2 aromatic carbocycles. The Labute approximate surface area is 204 Å². The molecule has 0 unspecified atom stereocenters. The highest BCUT2D eigenvalue weighted by Gasteiger charge is 2.27. The van der Waals surface area contributed by atoms with Crippen LogP contribution in [-0.2, 0) is 12.8 Å². The van der Waals surface area contributed by atoms with Crippen LogP contribution in [-0.4, -0.2) is 35.9 Å². The maximum absolute atomic E-state index is 6.13. The minimum Gasteiger partial charge on any atom is -0.493 e. The lowest BCUT2D eigenvalue weighted by molar-refractivity contribution is 0.324. The van der Waals surface area contributed by atoms with Crippen LogP contribution >= 0.6 is 11.6 Å². The number of ether oxygens (including phenoxy) is 3. The monoisotopic (exact) mass is 477 g/mol. The molecule has 0 N–H and O–H groups in total. The molecule has 6 nitrogen and oxygen atoms in total. The Morgan fingerprint density at radius 3 is 2.32 bits per heavy atom. The van der Waals surface area contributed by atoms with Gasteiger partial charge in [-0.15, -0.1) is 0 Å². The molecule has 0 bridgehead atoms.